The fourth-order valence-electron chi connectivity index (χ4n) is 5.51. The minimum atomic E-state index is -0.605. The van der Waals surface area contributed by atoms with Crippen molar-refractivity contribution in [3.8, 4) is 0 Å². The number of benzene rings is 3. The van der Waals surface area contributed by atoms with Gasteiger partial charge in [0.15, 0.2) is 5.82 Å². The largest absolute Gasteiger partial charge is 0.338 e. The zero-order chi connectivity index (χ0) is 32.8. The molecule has 0 aliphatic carbocycles. The number of likely N-dealkylation sites (N-methyl/N-ethyl adjacent to an activating group) is 1. The molecule has 1 aromatic heterocycles. The number of rotatable bonds is 10. The first kappa shape index (κ1) is 32.0. The van der Waals surface area contributed by atoms with E-state index in [1.165, 1.54) is 6.08 Å². The summed E-state index contributed by atoms with van der Waals surface area (Å²) in [6.45, 7) is 6.83. The molecule has 11 nitrogen and oxygen atoms in total. The number of hydrogen-bond donors (Lipinski definition) is 5. The van der Waals surface area contributed by atoms with Crippen LogP contribution in [0.5, 0.6) is 0 Å². The molecule has 0 bridgehead atoms. The number of fused-ring (bicyclic) bond motifs is 1. The summed E-state index contributed by atoms with van der Waals surface area (Å²) in [5, 5.41) is 19.9. The van der Waals surface area contributed by atoms with Gasteiger partial charge in [-0.3, -0.25) is 14.7 Å². The van der Waals surface area contributed by atoms with E-state index < -0.39 is 5.54 Å². The van der Waals surface area contributed by atoms with Crippen molar-refractivity contribution in [2.45, 2.75) is 38.9 Å². The molecule has 0 unspecified atom stereocenters. The predicted octanol–water partition coefficient (Wildman–Crippen LogP) is 5.98. The van der Waals surface area contributed by atoms with Gasteiger partial charge >= 0.3 is 6.03 Å². The molecule has 0 saturated heterocycles. The Morgan fingerprint density at radius 3 is 2.37 bits per heavy atom. The summed E-state index contributed by atoms with van der Waals surface area (Å²) < 4.78 is 0. The fourth-order valence-corrected chi connectivity index (χ4v) is 5.51. The molecule has 1 atom stereocenters. The number of aromatic nitrogens is 2. The first-order chi connectivity index (χ1) is 22.0. The van der Waals surface area contributed by atoms with Crippen LogP contribution < -0.4 is 21.3 Å². The van der Waals surface area contributed by atoms with E-state index in [1.54, 1.807) is 49.4 Å². The molecule has 5 rings (SSSR count). The maximum atomic E-state index is 13.7. The van der Waals surface area contributed by atoms with Gasteiger partial charge in [-0.05, 0) is 89.0 Å². The van der Waals surface area contributed by atoms with Crippen molar-refractivity contribution in [3.05, 3.63) is 113 Å². The van der Waals surface area contributed by atoms with Gasteiger partial charge in [0.25, 0.3) is 5.91 Å². The Balaban J connectivity index is 1.23. The van der Waals surface area contributed by atoms with Crippen LogP contribution in [0.2, 0.25) is 0 Å². The molecule has 2 heterocycles. The SMILES string of the molecule is C/C=C/C(=O)Nc1cccc(C(=O)Nc2ccc(Nc3n[nH]c4c3CN(C(=O)N[C@H](CN(C)C)c3ccccc3)C4(C)C)cc2)c1. The minimum absolute atomic E-state index is 0.151. The Hall–Kier alpha value is -5.42. The molecule has 1 aliphatic rings. The number of hydrogen-bond acceptors (Lipinski definition) is 6. The first-order valence-electron chi connectivity index (χ1n) is 15.1. The van der Waals surface area contributed by atoms with Crippen LogP contribution >= 0.6 is 0 Å². The lowest BCUT2D eigenvalue weighted by Crippen LogP contribution is -2.48. The van der Waals surface area contributed by atoms with Gasteiger partial charge in [0.2, 0.25) is 5.91 Å². The zero-order valence-electron chi connectivity index (χ0n) is 26.7. The maximum absolute atomic E-state index is 13.7. The number of anilines is 4. The highest BCUT2D eigenvalue weighted by Gasteiger charge is 2.44. The third-order valence-corrected chi connectivity index (χ3v) is 7.88. The number of urea groups is 1. The number of aromatic amines is 1. The highest BCUT2D eigenvalue weighted by Crippen LogP contribution is 2.41. The van der Waals surface area contributed by atoms with Crippen LogP contribution in [0.3, 0.4) is 0 Å². The molecule has 0 saturated carbocycles. The van der Waals surface area contributed by atoms with Crippen LogP contribution in [-0.2, 0) is 16.9 Å². The van der Waals surface area contributed by atoms with Crippen molar-refractivity contribution in [3.63, 3.8) is 0 Å². The number of carbonyl (C=O) groups excluding carboxylic acids is 3. The standard InChI is InChI=1S/C35H40N8O3/c1-6-11-30(44)36-27-15-10-14-24(20-27)33(45)38-26-18-16-25(17-19-26)37-32-28-21-43(35(2,3)31(28)40-41-32)34(46)39-29(22-42(4)5)23-12-8-7-9-13-23/h6-20,29H,21-22H2,1-5H3,(H,36,44)(H,38,45)(H,39,46)(H2,37,40,41)/b11-6+/t29-/m1/s1. The summed E-state index contributed by atoms with van der Waals surface area (Å²) in [5.41, 5.74) is 4.58. The molecule has 238 valence electrons. The number of amides is 4. The second-order valence-corrected chi connectivity index (χ2v) is 12.0. The van der Waals surface area contributed by atoms with Gasteiger partial charge < -0.3 is 31.1 Å². The van der Waals surface area contributed by atoms with E-state index >= 15 is 0 Å². The molecule has 4 aromatic rings. The van der Waals surface area contributed by atoms with E-state index in [1.807, 2.05) is 75.3 Å². The van der Waals surface area contributed by atoms with E-state index in [9.17, 15) is 14.4 Å². The smallest absolute Gasteiger partial charge is 0.319 e. The normalized spacial score (nSPS) is 14.2. The summed E-state index contributed by atoms with van der Waals surface area (Å²) in [6, 6.07) is 23.7. The Bertz CT molecular complexity index is 1730. The van der Waals surface area contributed by atoms with Crippen molar-refractivity contribution in [2.75, 3.05) is 36.6 Å². The van der Waals surface area contributed by atoms with Crippen molar-refractivity contribution in [1.29, 1.82) is 0 Å². The highest BCUT2D eigenvalue weighted by molar-refractivity contribution is 6.06. The molecule has 0 radical (unpaired) electrons. The van der Waals surface area contributed by atoms with E-state index in [-0.39, 0.29) is 23.9 Å². The van der Waals surface area contributed by atoms with Gasteiger partial charge in [-0.1, -0.05) is 42.5 Å². The van der Waals surface area contributed by atoms with Crippen LogP contribution in [0.15, 0.2) is 91.0 Å². The lowest BCUT2D eigenvalue weighted by atomic mass is 10.0. The molecule has 11 heteroatoms. The summed E-state index contributed by atoms with van der Waals surface area (Å²) in [6.07, 6.45) is 3.06. The van der Waals surface area contributed by atoms with Crippen LogP contribution in [0.4, 0.5) is 27.7 Å². The van der Waals surface area contributed by atoms with Gasteiger partial charge in [0.05, 0.1) is 23.8 Å². The topological polar surface area (TPSA) is 134 Å². The van der Waals surface area contributed by atoms with Crippen LogP contribution in [0.1, 0.15) is 54.0 Å². The van der Waals surface area contributed by atoms with E-state index in [0.717, 1.165) is 22.5 Å². The molecule has 4 amide bonds. The third-order valence-electron chi connectivity index (χ3n) is 7.88. The van der Waals surface area contributed by atoms with Crippen molar-refractivity contribution in [1.82, 2.24) is 25.3 Å². The number of carbonyl (C=O) groups is 3. The molecule has 3 aromatic carbocycles. The van der Waals surface area contributed by atoms with Gasteiger partial charge in [0, 0.05) is 34.7 Å². The Kier molecular flexibility index (Phi) is 9.53. The van der Waals surface area contributed by atoms with Gasteiger partial charge in [-0.15, -0.1) is 0 Å². The zero-order valence-corrected chi connectivity index (χ0v) is 26.7. The summed E-state index contributed by atoms with van der Waals surface area (Å²) in [5.74, 6) is 0.0791. The molecule has 0 spiro atoms. The van der Waals surface area contributed by atoms with Crippen LogP contribution in [0, 0.1) is 0 Å². The second kappa shape index (κ2) is 13.7. The van der Waals surface area contributed by atoms with Gasteiger partial charge in [0.1, 0.15) is 0 Å². The van der Waals surface area contributed by atoms with Crippen molar-refractivity contribution in [2.24, 2.45) is 0 Å². The van der Waals surface area contributed by atoms with Crippen molar-refractivity contribution >= 4 is 40.7 Å². The summed E-state index contributed by atoms with van der Waals surface area (Å²) in [7, 11) is 3.98. The average Bonchev–Trinajstić information content (AvgIpc) is 3.55. The molecule has 0 fully saturated rings. The number of H-pyrrole nitrogens is 1. The molecule has 1 aliphatic heterocycles. The van der Waals surface area contributed by atoms with Gasteiger partial charge in [-0.25, -0.2) is 4.79 Å². The number of allylic oxidation sites excluding steroid dienone is 1. The Morgan fingerprint density at radius 1 is 0.957 bits per heavy atom. The number of nitrogens with zero attached hydrogens (tertiary/aromatic N) is 3. The minimum Gasteiger partial charge on any atom is -0.338 e. The fraction of sp³-hybridized carbons (Fsp3) is 0.257. The summed E-state index contributed by atoms with van der Waals surface area (Å²) >= 11 is 0. The monoisotopic (exact) mass is 620 g/mol. The first-order valence-corrected chi connectivity index (χ1v) is 15.1. The van der Waals surface area contributed by atoms with Crippen molar-refractivity contribution < 1.29 is 14.4 Å². The van der Waals surface area contributed by atoms with Crippen LogP contribution in [0.25, 0.3) is 0 Å². The Morgan fingerprint density at radius 2 is 1.67 bits per heavy atom. The van der Waals surface area contributed by atoms with E-state index in [2.05, 4.69) is 36.4 Å². The predicted molar refractivity (Wildman–Crippen MR) is 181 cm³/mol. The lowest BCUT2D eigenvalue weighted by Gasteiger charge is -2.34. The van der Waals surface area contributed by atoms with Crippen LogP contribution in [-0.4, -0.2) is 58.5 Å². The lowest BCUT2D eigenvalue weighted by molar-refractivity contribution is -0.111. The molecular formula is C35H40N8O3. The van der Waals surface area contributed by atoms with Gasteiger partial charge in [-0.2, -0.15) is 5.10 Å². The quantitative estimate of drug-likeness (QED) is 0.138. The summed E-state index contributed by atoms with van der Waals surface area (Å²) in [4.78, 5) is 42.3. The molecule has 5 N–H and O–H groups in total. The van der Waals surface area contributed by atoms with E-state index in [4.69, 9.17) is 0 Å². The molecular weight excluding hydrogens is 580 g/mol. The molecule has 46 heavy (non-hydrogen) atoms. The second-order valence-electron chi connectivity index (χ2n) is 12.0. The maximum Gasteiger partial charge on any atom is 0.319 e. The number of nitrogens with one attached hydrogen (secondary N) is 5. The highest BCUT2D eigenvalue weighted by atomic mass is 16.2. The third kappa shape index (κ3) is 7.27. The average molecular weight is 621 g/mol. The van der Waals surface area contributed by atoms with E-state index in [0.29, 0.717) is 35.8 Å². The Labute approximate surface area is 269 Å².